The summed E-state index contributed by atoms with van der Waals surface area (Å²) in [4.78, 5) is -0.340. The van der Waals surface area contributed by atoms with Crippen molar-refractivity contribution in [1.29, 1.82) is 0 Å². The number of hydrogen-bond acceptors (Lipinski definition) is 4. The van der Waals surface area contributed by atoms with Gasteiger partial charge in [-0.2, -0.15) is 0 Å². The van der Waals surface area contributed by atoms with Crippen LogP contribution in [-0.4, -0.2) is 19.5 Å². The van der Waals surface area contributed by atoms with Crippen LogP contribution in [0.3, 0.4) is 0 Å². The quantitative estimate of drug-likeness (QED) is 0.718. The van der Waals surface area contributed by atoms with Gasteiger partial charge >= 0.3 is 0 Å². The van der Waals surface area contributed by atoms with Gasteiger partial charge in [-0.05, 0) is 30.3 Å². The molecule has 0 fully saturated rings. The van der Waals surface area contributed by atoms with Crippen LogP contribution >= 0.6 is 0 Å². The Balaban J connectivity index is 2.35. The summed E-state index contributed by atoms with van der Waals surface area (Å²) in [5, 5.41) is 0. The Bertz CT molecular complexity index is 1110. The number of methoxy groups -OCH3 is 1. The first-order valence-electron chi connectivity index (χ1n) is 7.74. The normalized spacial score (nSPS) is 11.6. The fraction of sp³-hybridized carbons (Fsp3) is 0.111. The van der Waals surface area contributed by atoms with E-state index < -0.39 is 27.5 Å². The fourth-order valence-corrected chi connectivity index (χ4v) is 4.17. The van der Waals surface area contributed by atoms with E-state index in [1.54, 1.807) is 0 Å². The third-order valence-electron chi connectivity index (χ3n) is 3.96. The predicted octanol–water partition coefficient (Wildman–Crippen LogP) is 3.28. The van der Waals surface area contributed by atoms with Crippen LogP contribution in [0.25, 0.3) is 11.3 Å². The average Bonchev–Trinajstić information content (AvgIpc) is 3.01. The van der Waals surface area contributed by atoms with Crippen molar-refractivity contribution in [2.75, 3.05) is 7.11 Å². The Labute approximate surface area is 153 Å². The first-order valence-corrected chi connectivity index (χ1v) is 9.18. The largest absolute Gasteiger partial charge is 0.494 e. The van der Waals surface area contributed by atoms with Crippen molar-refractivity contribution in [3.05, 3.63) is 71.7 Å². The van der Waals surface area contributed by atoms with E-state index in [9.17, 15) is 21.6 Å². The maximum Gasteiger partial charge on any atom is 0.268 e. The lowest BCUT2D eigenvalue weighted by atomic mass is 10.1. The van der Waals surface area contributed by atoms with Crippen molar-refractivity contribution in [3.63, 3.8) is 0 Å². The highest BCUT2D eigenvalue weighted by Gasteiger charge is 2.28. The topological polar surface area (TPSA) is 74.3 Å². The minimum Gasteiger partial charge on any atom is -0.494 e. The number of ether oxygens (including phenoxy) is 1. The Morgan fingerprint density at radius 1 is 1.07 bits per heavy atom. The van der Waals surface area contributed by atoms with Gasteiger partial charge in [0.2, 0.25) is 0 Å². The molecule has 0 aliphatic rings. The van der Waals surface area contributed by atoms with Gasteiger partial charge in [0.15, 0.2) is 0 Å². The molecule has 0 unspecified atom stereocenters. The number of benzene rings is 2. The molecule has 1 heterocycles. The first kappa shape index (κ1) is 19.0. The molecule has 3 aromatic rings. The molecule has 9 heteroatoms. The summed E-state index contributed by atoms with van der Waals surface area (Å²) in [6, 6.07) is 7.11. The zero-order valence-electron chi connectivity index (χ0n) is 14.1. The fourth-order valence-electron chi connectivity index (χ4n) is 2.74. The van der Waals surface area contributed by atoms with Gasteiger partial charge in [0, 0.05) is 29.9 Å². The van der Waals surface area contributed by atoms with Crippen LogP contribution in [0.4, 0.5) is 13.2 Å². The van der Waals surface area contributed by atoms with Gasteiger partial charge in [0.1, 0.15) is 28.9 Å². The number of nitrogens with zero attached hydrogens (tertiary/aromatic N) is 1. The predicted molar refractivity (Wildman–Crippen MR) is 93.2 cm³/mol. The molecule has 0 atom stereocenters. The molecule has 0 aliphatic heterocycles. The van der Waals surface area contributed by atoms with Crippen molar-refractivity contribution < 1.29 is 26.3 Å². The summed E-state index contributed by atoms with van der Waals surface area (Å²) in [5.41, 5.74) is 5.57. The second kappa shape index (κ2) is 7.09. The van der Waals surface area contributed by atoms with Crippen molar-refractivity contribution in [1.82, 2.24) is 3.97 Å². The zero-order chi connectivity index (χ0) is 19.8. The zero-order valence-corrected chi connectivity index (χ0v) is 14.9. The molecule has 0 saturated carbocycles. The van der Waals surface area contributed by atoms with Crippen LogP contribution in [0.5, 0.6) is 5.75 Å². The van der Waals surface area contributed by atoms with Gasteiger partial charge in [-0.25, -0.2) is 25.6 Å². The van der Waals surface area contributed by atoms with Crippen LogP contribution in [0.15, 0.2) is 53.6 Å². The van der Waals surface area contributed by atoms with Gasteiger partial charge in [-0.3, -0.25) is 0 Å². The lowest BCUT2D eigenvalue weighted by molar-refractivity contribution is 0.412. The summed E-state index contributed by atoms with van der Waals surface area (Å²) < 4.78 is 73.4. The van der Waals surface area contributed by atoms with Crippen LogP contribution < -0.4 is 10.5 Å². The van der Waals surface area contributed by atoms with Gasteiger partial charge in [-0.1, -0.05) is 6.07 Å². The molecule has 1 aromatic heterocycles. The third-order valence-corrected chi connectivity index (χ3v) is 5.62. The van der Waals surface area contributed by atoms with Crippen molar-refractivity contribution in [3.8, 4) is 17.0 Å². The van der Waals surface area contributed by atoms with E-state index in [2.05, 4.69) is 0 Å². The molecule has 2 aromatic carbocycles. The van der Waals surface area contributed by atoms with E-state index in [1.165, 1.54) is 25.4 Å². The summed E-state index contributed by atoms with van der Waals surface area (Å²) >= 11 is 0. The van der Waals surface area contributed by atoms with E-state index in [1.807, 2.05) is 0 Å². The highest BCUT2D eigenvalue weighted by Crippen LogP contribution is 2.38. The highest BCUT2D eigenvalue weighted by molar-refractivity contribution is 7.90. The maximum atomic E-state index is 14.4. The molecule has 0 spiro atoms. The van der Waals surface area contributed by atoms with E-state index in [0.717, 1.165) is 28.2 Å². The molecule has 5 nitrogen and oxygen atoms in total. The lowest BCUT2D eigenvalue weighted by Crippen LogP contribution is -2.14. The lowest BCUT2D eigenvalue weighted by Gasteiger charge is -2.13. The number of hydrogen-bond donors (Lipinski definition) is 1. The second-order valence-electron chi connectivity index (χ2n) is 5.62. The van der Waals surface area contributed by atoms with Crippen molar-refractivity contribution >= 4 is 10.0 Å². The maximum absolute atomic E-state index is 14.4. The number of rotatable bonds is 5. The Kier molecular flexibility index (Phi) is 4.99. The van der Waals surface area contributed by atoms with Crippen LogP contribution in [0.1, 0.15) is 5.56 Å². The molecular weight excluding hydrogens is 381 g/mol. The van der Waals surface area contributed by atoms with E-state index in [0.29, 0.717) is 6.07 Å². The van der Waals surface area contributed by atoms with Crippen LogP contribution in [-0.2, 0) is 16.6 Å². The van der Waals surface area contributed by atoms with Gasteiger partial charge in [0.05, 0.1) is 12.0 Å². The first-order chi connectivity index (χ1) is 12.8. The SMILES string of the molecule is COc1c(CN)cn(S(=O)(=O)c2cccc(F)c2)c1-c1ccc(F)cc1F. The van der Waals surface area contributed by atoms with E-state index >= 15 is 0 Å². The molecule has 0 amide bonds. The molecule has 142 valence electrons. The molecule has 2 N–H and O–H groups in total. The van der Waals surface area contributed by atoms with Gasteiger partial charge in [0.25, 0.3) is 10.0 Å². The van der Waals surface area contributed by atoms with Crippen LogP contribution in [0.2, 0.25) is 0 Å². The summed E-state index contributed by atoms with van der Waals surface area (Å²) in [6.45, 7) is -0.0926. The van der Waals surface area contributed by atoms with Crippen molar-refractivity contribution in [2.24, 2.45) is 5.73 Å². The number of aromatic nitrogens is 1. The van der Waals surface area contributed by atoms with Gasteiger partial charge < -0.3 is 10.5 Å². The van der Waals surface area contributed by atoms with E-state index in [4.69, 9.17) is 10.5 Å². The monoisotopic (exact) mass is 396 g/mol. The Morgan fingerprint density at radius 3 is 2.37 bits per heavy atom. The minimum atomic E-state index is -4.31. The number of halogens is 3. The molecule has 27 heavy (non-hydrogen) atoms. The summed E-state index contributed by atoms with van der Waals surface area (Å²) in [5.74, 6) is -2.52. The molecule has 3 rings (SSSR count). The molecule has 0 saturated heterocycles. The van der Waals surface area contributed by atoms with E-state index in [-0.39, 0.29) is 34.0 Å². The Morgan fingerprint density at radius 2 is 1.78 bits per heavy atom. The number of nitrogens with two attached hydrogens (primary N) is 1. The minimum absolute atomic E-state index is 0.0305. The van der Waals surface area contributed by atoms with Crippen LogP contribution in [0, 0.1) is 17.5 Å². The summed E-state index contributed by atoms with van der Waals surface area (Å²) in [7, 11) is -3.03. The smallest absolute Gasteiger partial charge is 0.268 e. The molecular formula is C18H15F3N2O3S. The molecule has 0 radical (unpaired) electrons. The molecule has 0 bridgehead atoms. The third kappa shape index (κ3) is 3.31. The van der Waals surface area contributed by atoms with Crippen molar-refractivity contribution in [2.45, 2.75) is 11.4 Å². The van der Waals surface area contributed by atoms with Gasteiger partial charge in [-0.15, -0.1) is 0 Å². The Hall–Kier alpha value is -2.78. The average molecular weight is 396 g/mol. The molecule has 0 aliphatic carbocycles. The highest BCUT2D eigenvalue weighted by atomic mass is 32.2. The summed E-state index contributed by atoms with van der Waals surface area (Å²) in [6.07, 6.45) is 1.18. The second-order valence-corrected chi connectivity index (χ2v) is 7.44. The standard InChI is InChI=1S/C18H15F3N2O3S/c1-26-18-11(9-22)10-23(17(18)15-6-5-13(20)8-16(15)21)27(24,25)14-4-2-3-12(19)7-14/h2-8,10H,9,22H2,1H3.